The summed E-state index contributed by atoms with van der Waals surface area (Å²) in [5, 5.41) is 6.83. The van der Waals surface area contributed by atoms with Gasteiger partial charge in [0, 0.05) is 31.7 Å². The average molecular weight is 364 g/mol. The molecule has 1 fully saturated rings. The number of carbonyl (C=O) groups excluding carboxylic acids is 1. The first-order valence-corrected chi connectivity index (χ1v) is 9.32. The highest BCUT2D eigenvalue weighted by Crippen LogP contribution is 2.19. The van der Waals surface area contributed by atoms with Gasteiger partial charge < -0.3 is 19.8 Å². The van der Waals surface area contributed by atoms with Gasteiger partial charge in [0.2, 0.25) is 0 Å². The molecule has 146 valence electrons. The number of esters is 1. The fourth-order valence-corrected chi connectivity index (χ4v) is 3.20. The Morgan fingerprint density at radius 1 is 1.46 bits per heavy atom. The molecule has 0 aromatic carbocycles. The van der Waals surface area contributed by atoms with Crippen LogP contribution >= 0.6 is 0 Å². The molecule has 0 amide bonds. The number of ether oxygens (including phenoxy) is 1. The normalized spacial score (nSPS) is 21.3. The molecule has 2 unspecified atom stereocenters. The Morgan fingerprint density at radius 3 is 2.77 bits per heavy atom. The molecule has 2 atom stereocenters. The minimum absolute atomic E-state index is 0.360. The Balaban J connectivity index is 2.04. The molecule has 0 aliphatic carbocycles. The number of carbonyl (C=O) groups is 1. The van der Waals surface area contributed by atoms with E-state index in [2.05, 4.69) is 41.3 Å². The van der Waals surface area contributed by atoms with Crippen molar-refractivity contribution in [1.82, 2.24) is 15.5 Å². The van der Waals surface area contributed by atoms with Crippen LogP contribution in [-0.4, -0.2) is 55.7 Å². The van der Waals surface area contributed by atoms with Crippen molar-refractivity contribution in [1.29, 1.82) is 0 Å². The van der Waals surface area contributed by atoms with E-state index in [1.54, 1.807) is 13.0 Å². The zero-order valence-electron chi connectivity index (χ0n) is 16.8. The van der Waals surface area contributed by atoms with Crippen molar-refractivity contribution in [3.8, 4) is 0 Å². The van der Waals surface area contributed by atoms with Gasteiger partial charge in [0.25, 0.3) is 0 Å². The van der Waals surface area contributed by atoms with Crippen LogP contribution in [0.3, 0.4) is 0 Å². The zero-order valence-corrected chi connectivity index (χ0v) is 16.8. The molecule has 7 heteroatoms. The molecule has 0 saturated carbocycles. The molecular formula is C19H32N4O3. The Bertz CT molecular complexity index is 639. The largest absolute Gasteiger partial charge is 0.465 e. The van der Waals surface area contributed by atoms with Crippen molar-refractivity contribution in [2.45, 2.75) is 53.2 Å². The molecule has 1 aliphatic rings. The summed E-state index contributed by atoms with van der Waals surface area (Å²) in [4.78, 5) is 18.8. The van der Waals surface area contributed by atoms with Crippen molar-refractivity contribution >= 4 is 11.9 Å². The first-order chi connectivity index (χ1) is 12.3. The second kappa shape index (κ2) is 9.07. The topological polar surface area (TPSA) is 79.1 Å². The molecule has 1 saturated heterocycles. The SMILES string of the molecule is CCNC(=NCc1cc(C(=O)OC)c(C)o1)NC1CN(C(C)C)CC1C. The van der Waals surface area contributed by atoms with E-state index < -0.39 is 0 Å². The molecule has 1 aromatic rings. The van der Waals surface area contributed by atoms with Crippen LogP contribution in [0.2, 0.25) is 0 Å². The van der Waals surface area contributed by atoms with Crippen molar-refractivity contribution in [3.05, 3.63) is 23.2 Å². The van der Waals surface area contributed by atoms with Gasteiger partial charge in [-0.2, -0.15) is 0 Å². The van der Waals surface area contributed by atoms with Crippen LogP contribution in [0.15, 0.2) is 15.5 Å². The predicted molar refractivity (Wildman–Crippen MR) is 102 cm³/mol. The van der Waals surface area contributed by atoms with Gasteiger partial charge in [0.05, 0.1) is 7.11 Å². The van der Waals surface area contributed by atoms with Crippen LogP contribution < -0.4 is 10.6 Å². The summed E-state index contributed by atoms with van der Waals surface area (Å²) in [6.45, 7) is 13.8. The lowest BCUT2D eigenvalue weighted by molar-refractivity contribution is 0.0599. The van der Waals surface area contributed by atoms with Gasteiger partial charge in [-0.3, -0.25) is 4.90 Å². The van der Waals surface area contributed by atoms with Gasteiger partial charge >= 0.3 is 5.97 Å². The van der Waals surface area contributed by atoms with E-state index in [1.807, 2.05) is 6.92 Å². The number of guanidine groups is 1. The van der Waals surface area contributed by atoms with Gasteiger partial charge in [-0.1, -0.05) is 6.92 Å². The number of nitrogens with zero attached hydrogens (tertiary/aromatic N) is 2. The quantitative estimate of drug-likeness (QED) is 0.457. The minimum atomic E-state index is -0.389. The van der Waals surface area contributed by atoms with Crippen LogP contribution in [0.25, 0.3) is 0 Å². The second-order valence-corrected chi connectivity index (χ2v) is 7.15. The predicted octanol–water partition coefficient (Wildman–Crippen LogP) is 2.16. The van der Waals surface area contributed by atoms with Crippen LogP contribution in [0.5, 0.6) is 0 Å². The molecule has 7 nitrogen and oxygen atoms in total. The third kappa shape index (κ3) is 5.00. The van der Waals surface area contributed by atoms with Gasteiger partial charge in [-0.05, 0) is 39.7 Å². The van der Waals surface area contributed by atoms with E-state index in [1.165, 1.54) is 7.11 Å². The van der Waals surface area contributed by atoms with E-state index in [-0.39, 0.29) is 5.97 Å². The van der Waals surface area contributed by atoms with Crippen LogP contribution in [0.4, 0.5) is 0 Å². The first kappa shape index (κ1) is 20.3. The molecular weight excluding hydrogens is 332 g/mol. The lowest BCUT2D eigenvalue weighted by Crippen LogP contribution is -2.46. The highest BCUT2D eigenvalue weighted by Gasteiger charge is 2.31. The number of likely N-dealkylation sites (tertiary alicyclic amines) is 1. The lowest BCUT2D eigenvalue weighted by atomic mass is 10.1. The Morgan fingerprint density at radius 2 is 2.19 bits per heavy atom. The molecule has 2 N–H and O–H groups in total. The number of furan rings is 1. The smallest absolute Gasteiger partial charge is 0.341 e. The van der Waals surface area contributed by atoms with E-state index in [4.69, 9.17) is 9.15 Å². The maximum absolute atomic E-state index is 11.7. The fourth-order valence-electron chi connectivity index (χ4n) is 3.20. The molecule has 0 bridgehead atoms. The number of hydrogen-bond donors (Lipinski definition) is 2. The number of rotatable bonds is 6. The number of aliphatic imine (C=N–C) groups is 1. The molecule has 2 heterocycles. The molecule has 26 heavy (non-hydrogen) atoms. The standard InChI is InChI=1S/C19H32N4O3/c1-7-20-19(22-17-11-23(12(2)3)10-13(17)4)21-9-15-8-16(14(5)26-15)18(24)25-6/h8,12-13,17H,7,9-11H2,1-6H3,(H2,20,21,22). The monoisotopic (exact) mass is 364 g/mol. The summed E-state index contributed by atoms with van der Waals surface area (Å²) in [7, 11) is 1.36. The Labute approximate surface area is 156 Å². The van der Waals surface area contributed by atoms with E-state index in [0.717, 1.165) is 25.6 Å². The summed E-state index contributed by atoms with van der Waals surface area (Å²) >= 11 is 0. The van der Waals surface area contributed by atoms with Crippen molar-refractivity contribution in [3.63, 3.8) is 0 Å². The number of methoxy groups -OCH3 is 1. The van der Waals surface area contributed by atoms with Crippen LogP contribution in [-0.2, 0) is 11.3 Å². The van der Waals surface area contributed by atoms with Gasteiger partial charge in [-0.25, -0.2) is 9.79 Å². The van der Waals surface area contributed by atoms with Gasteiger partial charge in [-0.15, -0.1) is 0 Å². The maximum atomic E-state index is 11.7. The third-order valence-corrected chi connectivity index (χ3v) is 4.80. The van der Waals surface area contributed by atoms with E-state index >= 15 is 0 Å². The summed E-state index contributed by atoms with van der Waals surface area (Å²) in [5.74, 6) is 2.13. The second-order valence-electron chi connectivity index (χ2n) is 7.15. The van der Waals surface area contributed by atoms with Crippen LogP contribution in [0, 0.1) is 12.8 Å². The molecule has 1 aromatic heterocycles. The number of hydrogen-bond acceptors (Lipinski definition) is 5. The van der Waals surface area contributed by atoms with Crippen molar-refractivity contribution in [2.75, 3.05) is 26.7 Å². The summed E-state index contributed by atoms with van der Waals surface area (Å²) in [6.07, 6.45) is 0. The van der Waals surface area contributed by atoms with Crippen LogP contribution in [0.1, 0.15) is 49.6 Å². The molecule has 0 spiro atoms. The molecule has 2 rings (SSSR count). The summed E-state index contributed by atoms with van der Waals surface area (Å²) < 4.78 is 10.4. The fraction of sp³-hybridized carbons (Fsp3) is 0.684. The summed E-state index contributed by atoms with van der Waals surface area (Å²) in [6, 6.07) is 2.61. The average Bonchev–Trinajstić information content (AvgIpc) is 3.15. The van der Waals surface area contributed by atoms with E-state index in [9.17, 15) is 4.79 Å². The van der Waals surface area contributed by atoms with Crippen molar-refractivity contribution in [2.24, 2.45) is 10.9 Å². The number of aryl methyl sites for hydroxylation is 1. The number of nitrogens with one attached hydrogen (secondary N) is 2. The van der Waals surface area contributed by atoms with Gasteiger partial charge in [0.15, 0.2) is 5.96 Å². The summed E-state index contributed by atoms with van der Waals surface area (Å²) in [5.41, 5.74) is 0.452. The first-order valence-electron chi connectivity index (χ1n) is 9.32. The highest BCUT2D eigenvalue weighted by molar-refractivity contribution is 5.90. The van der Waals surface area contributed by atoms with Crippen molar-refractivity contribution < 1.29 is 13.9 Å². The molecule has 1 aliphatic heterocycles. The highest BCUT2D eigenvalue weighted by atomic mass is 16.5. The minimum Gasteiger partial charge on any atom is -0.465 e. The van der Waals surface area contributed by atoms with Gasteiger partial charge in [0.1, 0.15) is 23.6 Å². The third-order valence-electron chi connectivity index (χ3n) is 4.80. The molecule has 0 radical (unpaired) electrons. The van der Waals surface area contributed by atoms with E-state index in [0.29, 0.717) is 41.6 Å². The maximum Gasteiger partial charge on any atom is 0.341 e. The zero-order chi connectivity index (χ0) is 19.3. The Kier molecular flexibility index (Phi) is 7.08. The lowest BCUT2D eigenvalue weighted by Gasteiger charge is -2.21. The Hall–Kier alpha value is -2.02.